The normalized spacial score (nSPS) is 10.3. The molecule has 110 valence electrons. The van der Waals surface area contributed by atoms with Crippen LogP contribution in [0.25, 0.3) is 0 Å². The van der Waals surface area contributed by atoms with Gasteiger partial charge in [0.25, 0.3) is 11.5 Å². The summed E-state index contributed by atoms with van der Waals surface area (Å²) in [6.45, 7) is 0.112. The Morgan fingerprint density at radius 1 is 1.29 bits per heavy atom. The third kappa shape index (κ3) is 4.26. The molecule has 1 aromatic carbocycles. The number of benzene rings is 1. The minimum Gasteiger partial charge on any atom is -0.383 e. The van der Waals surface area contributed by atoms with E-state index in [-0.39, 0.29) is 22.9 Å². The van der Waals surface area contributed by atoms with Gasteiger partial charge < -0.3 is 20.8 Å². The van der Waals surface area contributed by atoms with Gasteiger partial charge in [0.15, 0.2) is 4.77 Å². The smallest absolute Gasteiger partial charge is 0.277 e. The Morgan fingerprint density at radius 3 is 2.67 bits per heavy atom. The van der Waals surface area contributed by atoms with E-state index in [0.29, 0.717) is 6.61 Å². The topological polar surface area (TPSA) is 113 Å². The van der Waals surface area contributed by atoms with Gasteiger partial charge in [-0.05, 0) is 17.8 Å². The largest absolute Gasteiger partial charge is 0.383 e. The van der Waals surface area contributed by atoms with Crippen LogP contribution in [0.4, 0.5) is 11.5 Å². The van der Waals surface area contributed by atoms with Gasteiger partial charge in [-0.25, -0.2) is 0 Å². The van der Waals surface area contributed by atoms with E-state index in [1.54, 1.807) is 0 Å². The Morgan fingerprint density at radius 2 is 2.00 bits per heavy atom. The molecule has 2 aromatic rings. The second-order valence-corrected chi connectivity index (χ2v) is 4.63. The Kier molecular flexibility index (Phi) is 4.85. The minimum atomic E-state index is -0.562. The summed E-state index contributed by atoms with van der Waals surface area (Å²) in [5.41, 5.74) is 5.91. The van der Waals surface area contributed by atoms with Crippen LogP contribution in [0.15, 0.2) is 35.1 Å². The Hall–Kier alpha value is -2.45. The Labute approximate surface area is 125 Å². The van der Waals surface area contributed by atoms with Crippen LogP contribution in [0.3, 0.4) is 0 Å². The third-order valence-electron chi connectivity index (χ3n) is 2.58. The first-order chi connectivity index (χ1) is 10.1. The van der Waals surface area contributed by atoms with Crippen LogP contribution < -0.4 is 16.6 Å². The van der Waals surface area contributed by atoms with Crippen molar-refractivity contribution in [2.24, 2.45) is 0 Å². The molecule has 0 fully saturated rings. The van der Waals surface area contributed by atoms with E-state index in [4.69, 9.17) is 22.7 Å². The fourth-order valence-corrected chi connectivity index (χ4v) is 1.84. The second-order valence-electron chi connectivity index (χ2n) is 4.22. The van der Waals surface area contributed by atoms with Crippen molar-refractivity contribution in [3.05, 3.63) is 51.0 Å². The molecule has 0 aliphatic rings. The highest BCUT2D eigenvalue weighted by atomic mass is 32.1. The van der Waals surface area contributed by atoms with E-state index in [2.05, 4.69) is 15.3 Å². The maximum atomic E-state index is 11.7. The van der Waals surface area contributed by atoms with Crippen molar-refractivity contribution in [2.45, 2.75) is 6.61 Å². The summed E-state index contributed by atoms with van der Waals surface area (Å²) < 4.78 is 5.35. The quantitative estimate of drug-likeness (QED) is 0.619. The summed E-state index contributed by atoms with van der Waals surface area (Å²) >= 11 is 4.76. The average molecular weight is 306 g/mol. The van der Waals surface area contributed by atoms with Crippen molar-refractivity contribution in [3.8, 4) is 0 Å². The van der Waals surface area contributed by atoms with Gasteiger partial charge in [0.1, 0.15) is 18.1 Å². The molecule has 0 aliphatic carbocycles. The zero-order valence-corrected chi connectivity index (χ0v) is 11.8. The maximum absolute atomic E-state index is 11.7. The molecular formula is C13H14N4O3S. The number of anilines is 2. The standard InChI is InChI=1S/C13H14N4O3S/c14-11-10(12(19)17-13(21)16-11)15-9(18)7-20-6-8-4-2-1-3-5-8/h1-5H,6-7H2,(H,15,18)(H4,14,16,17,19,21). The lowest BCUT2D eigenvalue weighted by Gasteiger charge is -2.07. The van der Waals surface area contributed by atoms with Crippen LogP contribution in [0.1, 0.15) is 5.56 Å². The SMILES string of the molecule is Nc1[nH]c(=S)[nH]c(=O)c1NC(=O)COCc1ccccc1. The summed E-state index contributed by atoms with van der Waals surface area (Å²) in [6.07, 6.45) is 0. The molecule has 0 saturated heterocycles. The van der Waals surface area contributed by atoms with Gasteiger partial charge in [-0.2, -0.15) is 0 Å². The maximum Gasteiger partial charge on any atom is 0.277 e. The first kappa shape index (κ1) is 14.9. The predicted octanol–water partition coefficient (Wildman–Crippen LogP) is 1.17. The summed E-state index contributed by atoms with van der Waals surface area (Å²) in [5.74, 6) is -0.478. The van der Waals surface area contributed by atoms with Crippen molar-refractivity contribution in [1.29, 1.82) is 0 Å². The van der Waals surface area contributed by atoms with Crippen molar-refractivity contribution in [1.82, 2.24) is 9.97 Å². The van der Waals surface area contributed by atoms with E-state index in [1.807, 2.05) is 30.3 Å². The second kappa shape index (κ2) is 6.82. The number of hydrogen-bond donors (Lipinski definition) is 4. The summed E-state index contributed by atoms with van der Waals surface area (Å²) in [5, 5.41) is 2.38. The highest BCUT2D eigenvalue weighted by molar-refractivity contribution is 7.71. The predicted molar refractivity (Wildman–Crippen MR) is 81.4 cm³/mol. The number of carbonyl (C=O) groups is 1. The van der Waals surface area contributed by atoms with Gasteiger partial charge in [0, 0.05) is 0 Å². The summed E-state index contributed by atoms with van der Waals surface area (Å²) in [4.78, 5) is 28.2. The minimum absolute atomic E-state index is 0.000148. The lowest BCUT2D eigenvalue weighted by atomic mass is 10.2. The molecule has 1 aromatic heterocycles. The number of ether oxygens (including phenoxy) is 1. The zero-order chi connectivity index (χ0) is 15.2. The van der Waals surface area contributed by atoms with Crippen LogP contribution in [-0.2, 0) is 16.1 Å². The highest BCUT2D eigenvalue weighted by Crippen LogP contribution is 2.07. The van der Waals surface area contributed by atoms with Crippen molar-refractivity contribution in [3.63, 3.8) is 0 Å². The molecule has 5 N–H and O–H groups in total. The lowest BCUT2D eigenvalue weighted by Crippen LogP contribution is -2.25. The number of H-pyrrole nitrogens is 2. The van der Waals surface area contributed by atoms with Crippen LogP contribution in [-0.4, -0.2) is 22.5 Å². The average Bonchev–Trinajstić information content (AvgIpc) is 2.44. The number of nitrogens with two attached hydrogens (primary N) is 1. The fourth-order valence-electron chi connectivity index (χ4n) is 1.64. The highest BCUT2D eigenvalue weighted by Gasteiger charge is 2.10. The van der Waals surface area contributed by atoms with Gasteiger partial charge >= 0.3 is 0 Å². The molecule has 1 heterocycles. The Bertz CT molecular complexity index is 739. The molecule has 0 spiro atoms. The molecule has 2 rings (SSSR count). The van der Waals surface area contributed by atoms with Crippen LogP contribution >= 0.6 is 12.2 Å². The molecule has 0 atom stereocenters. The van der Waals surface area contributed by atoms with Crippen LogP contribution in [0, 0.1) is 4.77 Å². The molecule has 21 heavy (non-hydrogen) atoms. The molecular weight excluding hydrogens is 292 g/mol. The van der Waals surface area contributed by atoms with E-state index in [1.165, 1.54) is 0 Å². The number of nitrogens with one attached hydrogen (secondary N) is 3. The van der Waals surface area contributed by atoms with Crippen molar-refractivity contribution >= 4 is 29.6 Å². The number of aromatic nitrogens is 2. The number of rotatable bonds is 5. The lowest BCUT2D eigenvalue weighted by molar-refractivity contribution is -0.121. The molecule has 0 saturated carbocycles. The number of nitrogen functional groups attached to an aromatic ring is 1. The van der Waals surface area contributed by atoms with Gasteiger partial charge in [-0.1, -0.05) is 30.3 Å². The Balaban J connectivity index is 1.91. The van der Waals surface area contributed by atoms with Crippen LogP contribution in [0.5, 0.6) is 0 Å². The number of aromatic amines is 2. The molecule has 1 amide bonds. The van der Waals surface area contributed by atoms with Crippen molar-refractivity contribution in [2.75, 3.05) is 17.7 Å². The number of hydrogen-bond acceptors (Lipinski definition) is 5. The molecule has 0 bridgehead atoms. The summed E-state index contributed by atoms with van der Waals surface area (Å²) in [7, 11) is 0. The first-order valence-corrected chi connectivity index (χ1v) is 6.50. The molecule has 8 heteroatoms. The van der Waals surface area contributed by atoms with E-state index < -0.39 is 11.5 Å². The van der Waals surface area contributed by atoms with Gasteiger partial charge in [-0.15, -0.1) is 0 Å². The zero-order valence-electron chi connectivity index (χ0n) is 11.0. The van der Waals surface area contributed by atoms with Gasteiger partial charge in [0.05, 0.1) is 6.61 Å². The number of amides is 1. The molecule has 7 nitrogen and oxygen atoms in total. The monoisotopic (exact) mass is 306 g/mol. The van der Waals surface area contributed by atoms with Crippen molar-refractivity contribution < 1.29 is 9.53 Å². The first-order valence-electron chi connectivity index (χ1n) is 6.10. The van der Waals surface area contributed by atoms with Gasteiger partial charge in [-0.3, -0.25) is 14.6 Å². The fraction of sp³-hybridized carbons (Fsp3) is 0.154. The molecule has 0 radical (unpaired) electrons. The molecule has 0 aliphatic heterocycles. The summed E-state index contributed by atoms with van der Waals surface area (Å²) in [6, 6.07) is 9.43. The van der Waals surface area contributed by atoms with E-state index >= 15 is 0 Å². The third-order valence-corrected chi connectivity index (χ3v) is 2.78. The van der Waals surface area contributed by atoms with Crippen LogP contribution in [0.2, 0.25) is 0 Å². The van der Waals surface area contributed by atoms with E-state index in [9.17, 15) is 9.59 Å². The van der Waals surface area contributed by atoms with E-state index in [0.717, 1.165) is 5.56 Å². The molecule has 0 unspecified atom stereocenters. The van der Waals surface area contributed by atoms with Gasteiger partial charge in [0.2, 0.25) is 0 Å². The number of carbonyl (C=O) groups excluding carboxylic acids is 1.